The van der Waals surface area contributed by atoms with Gasteiger partial charge in [-0.2, -0.15) is 0 Å². The van der Waals surface area contributed by atoms with Gasteiger partial charge in [-0.3, -0.25) is 4.79 Å². The monoisotopic (exact) mass is 355 g/mol. The van der Waals surface area contributed by atoms with Crippen molar-refractivity contribution in [3.05, 3.63) is 28.7 Å². The third kappa shape index (κ3) is 3.80. The average Bonchev–Trinajstić information content (AvgIpc) is 2.88. The third-order valence-corrected chi connectivity index (χ3v) is 4.06. The molecular formula is C12H14BrN5OS. The summed E-state index contributed by atoms with van der Waals surface area (Å²) in [7, 11) is 0. The number of carbonyl (C=O) groups is 1. The molecule has 6 nitrogen and oxygen atoms in total. The van der Waals surface area contributed by atoms with Crippen LogP contribution in [-0.2, 0) is 4.79 Å². The molecule has 1 heterocycles. The number of nitrogens with zero attached hydrogens (tertiary/aromatic N) is 4. The van der Waals surface area contributed by atoms with Crippen LogP contribution < -0.4 is 5.32 Å². The molecule has 1 amide bonds. The molecule has 106 valence electrons. The Kier molecular flexibility index (Phi) is 5.13. The van der Waals surface area contributed by atoms with E-state index in [4.69, 9.17) is 0 Å². The third-order valence-electron chi connectivity index (χ3n) is 2.43. The highest BCUT2D eigenvalue weighted by Gasteiger charge is 2.12. The van der Waals surface area contributed by atoms with E-state index in [1.54, 1.807) is 4.68 Å². The van der Waals surface area contributed by atoms with Gasteiger partial charge in [-0.05, 0) is 52.3 Å². The van der Waals surface area contributed by atoms with Crippen LogP contribution in [0, 0.1) is 0 Å². The standard InChI is InChI=1S/C12H14BrN5OS/c1-8(2)18-12(15-16-17-18)20-7-11(19)14-10-6-4-3-5-9(10)13/h3-6,8H,7H2,1-2H3,(H,14,19). The highest BCUT2D eigenvalue weighted by Crippen LogP contribution is 2.22. The van der Waals surface area contributed by atoms with Crippen molar-refractivity contribution in [2.45, 2.75) is 25.0 Å². The van der Waals surface area contributed by atoms with Crippen LogP contribution in [0.15, 0.2) is 33.9 Å². The van der Waals surface area contributed by atoms with E-state index in [0.29, 0.717) is 5.16 Å². The Morgan fingerprint density at radius 2 is 2.20 bits per heavy atom. The van der Waals surface area contributed by atoms with E-state index in [1.807, 2.05) is 38.1 Å². The maximum atomic E-state index is 11.9. The Labute approximate surface area is 129 Å². The molecule has 0 spiro atoms. The van der Waals surface area contributed by atoms with Gasteiger partial charge >= 0.3 is 0 Å². The van der Waals surface area contributed by atoms with Crippen LogP contribution in [0.2, 0.25) is 0 Å². The van der Waals surface area contributed by atoms with Crippen molar-refractivity contribution in [1.29, 1.82) is 0 Å². The van der Waals surface area contributed by atoms with Crippen LogP contribution >= 0.6 is 27.7 Å². The van der Waals surface area contributed by atoms with Crippen LogP contribution in [0.4, 0.5) is 5.69 Å². The number of carbonyl (C=O) groups excluding carboxylic acids is 1. The summed E-state index contributed by atoms with van der Waals surface area (Å²) in [6.45, 7) is 3.98. The summed E-state index contributed by atoms with van der Waals surface area (Å²) in [5.74, 6) is 0.161. The van der Waals surface area contributed by atoms with Crippen molar-refractivity contribution in [1.82, 2.24) is 20.2 Å². The molecule has 0 aliphatic carbocycles. The van der Waals surface area contributed by atoms with Crippen molar-refractivity contribution >= 4 is 39.3 Å². The molecule has 0 unspecified atom stereocenters. The Morgan fingerprint density at radius 1 is 1.45 bits per heavy atom. The zero-order valence-corrected chi connectivity index (χ0v) is 13.5. The lowest BCUT2D eigenvalue weighted by Crippen LogP contribution is -2.15. The minimum absolute atomic E-state index is 0.0970. The van der Waals surface area contributed by atoms with Crippen LogP contribution in [0.3, 0.4) is 0 Å². The van der Waals surface area contributed by atoms with E-state index < -0.39 is 0 Å². The summed E-state index contributed by atoms with van der Waals surface area (Å²) >= 11 is 4.70. The summed E-state index contributed by atoms with van der Waals surface area (Å²) in [5, 5.41) is 14.9. The molecule has 0 bridgehead atoms. The number of benzene rings is 1. The average molecular weight is 356 g/mol. The minimum Gasteiger partial charge on any atom is -0.324 e. The summed E-state index contributed by atoms with van der Waals surface area (Å²) in [5.41, 5.74) is 0.751. The van der Waals surface area contributed by atoms with E-state index in [-0.39, 0.29) is 17.7 Å². The lowest BCUT2D eigenvalue weighted by atomic mass is 10.3. The van der Waals surface area contributed by atoms with Gasteiger partial charge in [0.1, 0.15) is 0 Å². The van der Waals surface area contributed by atoms with Gasteiger partial charge in [0.25, 0.3) is 0 Å². The predicted octanol–water partition coefficient (Wildman–Crippen LogP) is 2.75. The molecule has 2 aromatic rings. The van der Waals surface area contributed by atoms with Crippen molar-refractivity contribution in [2.24, 2.45) is 0 Å². The fourth-order valence-electron chi connectivity index (χ4n) is 1.48. The minimum atomic E-state index is -0.0970. The second-order valence-corrected chi connectivity index (χ2v) is 6.11. The SMILES string of the molecule is CC(C)n1nnnc1SCC(=O)Nc1ccccc1Br. The van der Waals surface area contributed by atoms with Gasteiger partial charge in [0.2, 0.25) is 11.1 Å². The number of hydrogen-bond acceptors (Lipinski definition) is 5. The van der Waals surface area contributed by atoms with Crippen LogP contribution in [0.5, 0.6) is 0 Å². The second kappa shape index (κ2) is 6.85. The molecule has 2 rings (SSSR count). The number of anilines is 1. The smallest absolute Gasteiger partial charge is 0.234 e. The number of nitrogens with one attached hydrogen (secondary N) is 1. The molecule has 1 aromatic heterocycles. The van der Waals surface area contributed by atoms with Gasteiger partial charge in [-0.25, -0.2) is 4.68 Å². The number of hydrogen-bond donors (Lipinski definition) is 1. The number of para-hydroxylation sites is 1. The lowest BCUT2D eigenvalue weighted by Gasteiger charge is -2.08. The first-order valence-corrected chi connectivity index (χ1v) is 7.81. The number of tetrazole rings is 1. The van der Waals surface area contributed by atoms with E-state index in [0.717, 1.165) is 10.2 Å². The number of rotatable bonds is 5. The Balaban J connectivity index is 1.93. The summed E-state index contributed by atoms with van der Waals surface area (Å²) in [6.07, 6.45) is 0. The van der Waals surface area contributed by atoms with Crippen LogP contribution in [-0.4, -0.2) is 31.9 Å². The number of amides is 1. The zero-order valence-electron chi connectivity index (χ0n) is 11.1. The van der Waals surface area contributed by atoms with Gasteiger partial charge in [-0.15, -0.1) is 5.10 Å². The number of aromatic nitrogens is 4. The van der Waals surface area contributed by atoms with Crippen molar-refractivity contribution < 1.29 is 4.79 Å². The Hall–Kier alpha value is -1.41. The Morgan fingerprint density at radius 3 is 2.90 bits per heavy atom. The highest BCUT2D eigenvalue weighted by molar-refractivity contribution is 9.10. The molecule has 0 aliphatic heterocycles. The van der Waals surface area contributed by atoms with Gasteiger partial charge in [-0.1, -0.05) is 23.9 Å². The fraction of sp³-hybridized carbons (Fsp3) is 0.333. The molecule has 0 aliphatic rings. The lowest BCUT2D eigenvalue weighted by molar-refractivity contribution is -0.113. The van der Waals surface area contributed by atoms with Crippen molar-refractivity contribution in [3.8, 4) is 0 Å². The highest BCUT2D eigenvalue weighted by atomic mass is 79.9. The maximum Gasteiger partial charge on any atom is 0.234 e. The quantitative estimate of drug-likeness (QED) is 0.834. The van der Waals surface area contributed by atoms with Gasteiger partial charge in [0.05, 0.1) is 17.5 Å². The van der Waals surface area contributed by atoms with E-state index >= 15 is 0 Å². The normalized spacial score (nSPS) is 10.8. The number of halogens is 1. The first-order chi connectivity index (χ1) is 9.58. The maximum absolute atomic E-state index is 11.9. The fourth-order valence-corrected chi connectivity index (χ4v) is 2.67. The first-order valence-electron chi connectivity index (χ1n) is 6.03. The molecule has 0 fully saturated rings. The number of thioether (sulfide) groups is 1. The molecule has 0 saturated heterocycles. The summed E-state index contributed by atoms with van der Waals surface area (Å²) in [4.78, 5) is 11.9. The largest absolute Gasteiger partial charge is 0.324 e. The van der Waals surface area contributed by atoms with Gasteiger partial charge in [0, 0.05) is 4.47 Å². The second-order valence-electron chi connectivity index (χ2n) is 4.32. The molecular weight excluding hydrogens is 342 g/mol. The zero-order chi connectivity index (χ0) is 14.5. The van der Waals surface area contributed by atoms with E-state index in [1.165, 1.54) is 11.8 Å². The molecule has 1 N–H and O–H groups in total. The molecule has 1 aromatic carbocycles. The molecule has 0 atom stereocenters. The summed E-state index contributed by atoms with van der Waals surface area (Å²) < 4.78 is 2.54. The van der Waals surface area contributed by atoms with Gasteiger partial charge in [0.15, 0.2) is 0 Å². The van der Waals surface area contributed by atoms with E-state index in [9.17, 15) is 4.79 Å². The van der Waals surface area contributed by atoms with Crippen molar-refractivity contribution in [3.63, 3.8) is 0 Å². The first kappa shape index (κ1) is 15.0. The molecule has 8 heteroatoms. The van der Waals surface area contributed by atoms with Crippen LogP contribution in [0.25, 0.3) is 0 Å². The van der Waals surface area contributed by atoms with Gasteiger partial charge < -0.3 is 5.32 Å². The molecule has 20 heavy (non-hydrogen) atoms. The molecule has 0 saturated carbocycles. The molecule has 0 radical (unpaired) electrons. The van der Waals surface area contributed by atoms with Crippen LogP contribution in [0.1, 0.15) is 19.9 Å². The predicted molar refractivity (Wildman–Crippen MR) is 81.7 cm³/mol. The topological polar surface area (TPSA) is 72.7 Å². The van der Waals surface area contributed by atoms with Crippen molar-refractivity contribution in [2.75, 3.05) is 11.1 Å². The summed E-state index contributed by atoms with van der Waals surface area (Å²) in [6, 6.07) is 7.64. The Bertz CT molecular complexity index is 601. The van der Waals surface area contributed by atoms with E-state index in [2.05, 4.69) is 36.8 Å².